The molecule has 0 bridgehead atoms. The van der Waals surface area contributed by atoms with Crippen LogP contribution >= 0.6 is 0 Å². The molecule has 0 saturated carbocycles. The lowest BCUT2D eigenvalue weighted by molar-refractivity contribution is 0.190. The molecular formula is C17H23N5O2S. The van der Waals surface area contributed by atoms with Gasteiger partial charge in [0.25, 0.3) is 0 Å². The number of urea groups is 1. The molecule has 2 heterocycles. The number of aromatic nitrogens is 3. The van der Waals surface area contributed by atoms with Crippen molar-refractivity contribution in [1.82, 2.24) is 19.7 Å². The van der Waals surface area contributed by atoms with E-state index < -0.39 is 10.8 Å². The van der Waals surface area contributed by atoms with Crippen LogP contribution in [0, 0.1) is 0 Å². The number of aryl methyl sites for hydroxylation is 1. The highest BCUT2D eigenvalue weighted by atomic mass is 32.2. The third-order valence-electron chi connectivity index (χ3n) is 4.50. The molecule has 1 aromatic heterocycles. The van der Waals surface area contributed by atoms with E-state index in [4.69, 9.17) is 0 Å². The van der Waals surface area contributed by atoms with Crippen LogP contribution in [-0.2, 0) is 17.3 Å². The molecule has 1 fully saturated rings. The van der Waals surface area contributed by atoms with Gasteiger partial charge in [-0.3, -0.25) is 4.21 Å². The summed E-state index contributed by atoms with van der Waals surface area (Å²) in [4.78, 5) is 15.1. The van der Waals surface area contributed by atoms with Crippen molar-refractivity contribution in [3.63, 3.8) is 0 Å². The zero-order valence-corrected chi connectivity index (χ0v) is 15.3. The van der Waals surface area contributed by atoms with Crippen molar-refractivity contribution in [2.24, 2.45) is 0 Å². The lowest BCUT2D eigenvalue weighted by atomic mass is 9.97. The van der Waals surface area contributed by atoms with Crippen LogP contribution < -0.4 is 5.32 Å². The number of anilines is 1. The highest BCUT2D eigenvalue weighted by Gasteiger charge is 2.27. The van der Waals surface area contributed by atoms with Gasteiger partial charge in [-0.05, 0) is 44.0 Å². The molecule has 0 aliphatic carbocycles. The van der Waals surface area contributed by atoms with Gasteiger partial charge in [0, 0.05) is 53.2 Å². The van der Waals surface area contributed by atoms with E-state index in [0.29, 0.717) is 12.2 Å². The number of benzene rings is 1. The second-order valence-corrected chi connectivity index (χ2v) is 7.55. The van der Waals surface area contributed by atoms with Crippen molar-refractivity contribution in [2.45, 2.75) is 37.1 Å². The minimum atomic E-state index is -1.02. The second kappa shape index (κ2) is 7.77. The van der Waals surface area contributed by atoms with E-state index in [0.717, 1.165) is 36.7 Å². The van der Waals surface area contributed by atoms with Crippen LogP contribution in [0.15, 0.2) is 35.5 Å². The molecule has 1 aromatic carbocycles. The van der Waals surface area contributed by atoms with Crippen LogP contribution in [-0.4, -0.2) is 49.2 Å². The van der Waals surface area contributed by atoms with Gasteiger partial charge < -0.3 is 14.8 Å². The predicted octanol–water partition coefficient (Wildman–Crippen LogP) is 2.45. The Morgan fingerprint density at radius 2 is 2.12 bits per heavy atom. The van der Waals surface area contributed by atoms with Crippen LogP contribution in [0.2, 0.25) is 0 Å². The summed E-state index contributed by atoms with van der Waals surface area (Å²) >= 11 is 0. The molecule has 2 unspecified atom stereocenters. The van der Waals surface area contributed by atoms with Gasteiger partial charge >= 0.3 is 6.03 Å². The largest absolute Gasteiger partial charge is 0.324 e. The Balaban J connectivity index is 1.64. The maximum atomic E-state index is 12.6. The van der Waals surface area contributed by atoms with E-state index in [9.17, 15) is 9.00 Å². The Hall–Kier alpha value is -2.22. The molecule has 2 amide bonds. The Morgan fingerprint density at radius 1 is 1.36 bits per heavy atom. The van der Waals surface area contributed by atoms with Crippen LogP contribution in [0.4, 0.5) is 10.5 Å². The second-order valence-electron chi connectivity index (χ2n) is 6.17. The Kier molecular flexibility index (Phi) is 5.47. The number of rotatable bonds is 4. The first-order chi connectivity index (χ1) is 12.1. The van der Waals surface area contributed by atoms with E-state index in [-0.39, 0.29) is 11.9 Å². The lowest BCUT2D eigenvalue weighted by Crippen LogP contribution is -2.42. The van der Waals surface area contributed by atoms with E-state index in [2.05, 4.69) is 22.4 Å². The molecule has 25 heavy (non-hydrogen) atoms. The predicted molar refractivity (Wildman–Crippen MR) is 97.0 cm³/mol. The fourth-order valence-corrected chi connectivity index (χ4v) is 3.65. The molecule has 1 aliphatic heterocycles. The molecule has 0 spiro atoms. The SMILES string of the molecule is CCn1cnnc1C1CCCN(C(=O)Nc2ccc(S(C)=O)cc2)C1. The first kappa shape index (κ1) is 17.6. The van der Waals surface area contributed by atoms with Gasteiger partial charge in [-0.2, -0.15) is 0 Å². The van der Waals surface area contributed by atoms with Gasteiger partial charge in [0.2, 0.25) is 0 Å². The van der Waals surface area contributed by atoms with Crippen LogP contribution in [0.1, 0.15) is 31.5 Å². The molecule has 1 aliphatic rings. The number of hydrogen-bond donors (Lipinski definition) is 1. The quantitative estimate of drug-likeness (QED) is 0.907. The number of carbonyl (C=O) groups is 1. The molecule has 1 saturated heterocycles. The van der Waals surface area contributed by atoms with E-state index in [1.54, 1.807) is 36.8 Å². The molecule has 8 heteroatoms. The molecule has 7 nitrogen and oxygen atoms in total. The van der Waals surface area contributed by atoms with Crippen molar-refractivity contribution in [3.05, 3.63) is 36.4 Å². The first-order valence-corrected chi connectivity index (χ1v) is 10.0. The Morgan fingerprint density at radius 3 is 2.80 bits per heavy atom. The van der Waals surface area contributed by atoms with Crippen molar-refractivity contribution in [3.8, 4) is 0 Å². The van der Waals surface area contributed by atoms with Crippen LogP contribution in [0.5, 0.6) is 0 Å². The molecule has 2 atom stereocenters. The van der Waals surface area contributed by atoms with E-state index in [1.165, 1.54) is 0 Å². The number of likely N-dealkylation sites (tertiary alicyclic amines) is 1. The number of hydrogen-bond acceptors (Lipinski definition) is 4. The van der Waals surface area contributed by atoms with Gasteiger partial charge in [-0.15, -0.1) is 10.2 Å². The third kappa shape index (κ3) is 4.07. The summed E-state index contributed by atoms with van der Waals surface area (Å²) in [6.07, 6.45) is 5.34. The minimum absolute atomic E-state index is 0.113. The number of amides is 2. The molecule has 3 rings (SSSR count). The van der Waals surface area contributed by atoms with Gasteiger partial charge in [-0.1, -0.05) is 0 Å². The Labute approximate surface area is 149 Å². The van der Waals surface area contributed by atoms with Gasteiger partial charge in [0.15, 0.2) is 0 Å². The highest BCUT2D eigenvalue weighted by molar-refractivity contribution is 7.84. The molecule has 0 radical (unpaired) electrons. The average Bonchev–Trinajstić information content (AvgIpc) is 3.11. The van der Waals surface area contributed by atoms with Crippen molar-refractivity contribution in [2.75, 3.05) is 24.7 Å². The maximum absolute atomic E-state index is 12.6. The van der Waals surface area contributed by atoms with Gasteiger partial charge in [0.05, 0.1) is 0 Å². The number of nitrogens with one attached hydrogen (secondary N) is 1. The zero-order valence-electron chi connectivity index (χ0n) is 14.5. The topological polar surface area (TPSA) is 80.1 Å². The fourth-order valence-electron chi connectivity index (χ4n) is 3.13. The summed E-state index contributed by atoms with van der Waals surface area (Å²) in [6, 6.07) is 6.99. The lowest BCUT2D eigenvalue weighted by Gasteiger charge is -2.32. The van der Waals surface area contributed by atoms with Crippen molar-refractivity contribution >= 4 is 22.5 Å². The molecular weight excluding hydrogens is 338 g/mol. The summed E-state index contributed by atoms with van der Waals surface area (Å²) < 4.78 is 13.5. The maximum Gasteiger partial charge on any atom is 0.321 e. The Bertz CT molecular complexity index is 759. The number of carbonyl (C=O) groups excluding carboxylic acids is 1. The van der Waals surface area contributed by atoms with Gasteiger partial charge in [-0.25, -0.2) is 4.79 Å². The number of piperidine rings is 1. The minimum Gasteiger partial charge on any atom is -0.324 e. The van der Waals surface area contributed by atoms with Crippen molar-refractivity contribution < 1.29 is 9.00 Å². The van der Waals surface area contributed by atoms with Gasteiger partial charge in [0.1, 0.15) is 12.2 Å². The zero-order chi connectivity index (χ0) is 17.8. The molecule has 2 aromatic rings. The fraction of sp³-hybridized carbons (Fsp3) is 0.471. The monoisotopic (exact) mass is 361 g/mol. The molecule has 134 valence electrons. The van der Waals surface area contributed by atoms with Crippen LogP contribution in [0.3, 0.4) is 0 Å². The van der Waals surface area contributed by atoms with E-state index >= 15 is 0 Å². The van der Waals surface area contributed by atoms with Crippen LogP contribution in [0.25, 0.3) is 0 Å². The van der Waals surface area contributed by atoms with E-state index in [1.807, 2.05) is 9.47 Å². The summed E-state index contributed by atoms with van der Waals surface area (Å²) in [6.45, 7) is 4.27. The summed E-state index contributed by atoms with van der Waals surface area (Å²) in [5.41, 5.74) is 0.707. The highest BCUT2D eigenvalue weighted by Crippen LogP contribution is 2.26. The first-order valence-electron chi connectivity index (χ1n) is 8.45. The molecule has 1 N–H and O–H groups in total. The summed E-state index contributed by atoms with van der Waals surface area (Å²) in [7, 11) is -1.02. The normalized spacial score (nSPS) is 18.8. The third-order valence-corrected chi connectivity index (χ3v) is 5.43. The summed E-state index contributed by atoms with van der Waals surface area (Å²) in [5.74, 6) is 1.17. The smallest absolute Gasteiger partial charge is 0.321 e. The summed E-state index contributed by atoms with van der Waals surface area (Å²) in [5, 5.41) is 11.2. The standard InChI is InChI=1S/C17H23N5O2S/c1-3-21-12-18-20-16(21)13-5-4-10-22(11-13)17(23)19-14-6-8-15(9-7-14)25(2)24/h6-9,12-13H,3-5,10-11H2,1-2H3,(H,19,23). The average molecular weight is 361 g/mol. The van der Waals surface area contributed by atoms with Crippen molar-refractivity contribution in [1.29, 1.82) is 0 Å². The number of nitrogens with zero attached hydrogens (tertiary/aromatic N) is 4.